The zero-order valence-corrected chi connectivity index (χ0v) is 14.0. The molecule has 0 fully saturated rings. The van der Waals surface area contributed by atoms with Gasteiger partial charge in [0, 0.05) is 0 Å². The first-order chi connectivity index (χ1) is 10.3. The van der Waals surface area contributed by atoms with E-state index >= 15 is 0 Å². The maximum absolute atomic E-state index is 12.2. The number of aromatic nitrogens is 1. The Balaban J connectivity index is 2.83. The van der Waals surface area contributed by atoms with Crippen molar-refractivity contribution in [2.45, 2.75) is 59.7 Å². The summed E-state index contributed by atoms with van der Waals surface area (Å²) in [4.78, 5) is 28.1. The summed E-state index contributed by atoms with van der Waals surface area (Å²) in [6.07, 6.45) is 1.35. The van der Waals surface area contributed by atoms with Crippen molar-refractivity contribution >= 4 is 11.9 Å². The van der Waals surface area contributed by atoms with Gasteiger partial charge >= 0.3 is 11.9 Å². The Morgan fingerprint density at radius 1 is 1.05 bits per heavy atom. The van der Waals surface area contributed by atoms with Gasteiger partial charge in [-0.25, -0.2) is 14.6 Å². The smallest absolute Gasteiger partial charge is 0.357 e. The van der Waals surface area contributed by atoms with E-state index in [0.29, 0.717) is 0 Å². The molecule has 0 aliphatic carbocycles. The van der Waals surface area contributed by atoms with Gasteiger partial charge < -0.3 is 9.47 Å². The molecular weight excluding hydrogens is 282 g/mol. The highest BCUT2D eigenvalue weighted by molar-refractivity contribution is 5.91. The summed E-state index contributed by atoms with van der Waals surface area (Å²) in [5, 5.41) is 0. The number of nitrogens with zero attached hydrogens (tertiary/aromatic N) is 1. The van der Waals surface area contributed by atoms with Crippen molar-refractivity contribution in [3.05, 3.63) is 29.6 Å². The molecule has 1 rings (SSSR count). The van der Waals surface area contributed by atoms with Crippen molar-refractivity contribution < 1.29 is 19.1 Å². The van der Waals surface area contributed by atoms with Crippen molar-refractivity contribution in [2.24, 2.45) is 5.92 Å². The van der Waals surface area contributed by atoms with Crippen LogP contribution in [0.4, 0.5) is 0 Å². The summed E-state index contributed by atoms with van der Waals surface area (Å²) in [5.41, 5.74) is 0.236. The number of ether oxygens (including phenoxy) is 2. The van der Waals surface area contributed by atoms with Gasteiger partial charge in [-0.1, -0.05) is 33.3 Å². The molecule has 0 N–H and O–H groups in total. The van der Waals surface area contributed by atoms with Gasteiger partial charge in [-0.2, -0.15) is 0 Å². The van der Waals surface area contributed by atoms with Gasteiger partial charge in [0.2, 0.25) is 0 Å². The third-order valence-corrected chi connectivity index (χ3v) is 3.09. The van der Waals surface area contributed by atoms with E-state index in [2.05, 4.69) is 4.98 Å². The Bertz CT molecular complexity index is 511. The Kier molecular flexibility index (Phi) is 7.02. The molecule has 0 aliphatic rings. The number of carbonyl (C=O) groups is 2. The lowest BCUT2D eigenvalue weighted by Gasteiger charge is -2.20. The average Bonchev–Trinajstić information content (AvgIpc) is 2.46. The quantitative estimate of drug-likeness (QED) is 0.720. The van der Waals surface area contributed by atoms with Crippen molar-refractivity contribution in [1.29, 1.82) is 0 Å². The lowest BCUT2D eigenvalue weighted by Crippen LogP contribution is -2.24. The second-order valence-corrected chi connectivity index (χ2v) is 5.84. The van der Waals surface area contributed by atoms with Crippen LogP contribution in [0.3, 0.4) is 0 Å². The Labute approximate surface area is 132 Å². The van der Waals surface area contributed by atoms with Crippen molar-refractivity contribution in [3.63, 3.8) is 0 Å². The third kappa shape index (κ3) is 5.47. The molecule has 22 heavy (non-hydrogen) atoms. The van der Waals surface area contributed by atoms with Crippen LogP contribution in [0.2, 0.25) is 0 Å². The number of pyridine rings is 1. The van der Waals surface area contributed by atoms with E-state index in [-0.39, 0.29) is 29.5 Å². The Morgan fingerprint density at radius 3 is 2.05 bits per heavy atom. The molecule has 0 saturated heterocycles. The van der Waals surface area contributed by atoms with Gasteiger partial charge in [0.25, 0.3) is 0 Å². The molecule has 1 aromatic rings. The van der Waals surface area contributed by atoms with E-state index in [1.165, 1.54) is 12.1 Å². The van der Waals surface area contributed by atoms with Crippen LogP contribution in [-0.4, -0.2) is 29.1 Å². The van der Waals surface area contributed by atoms with Crippen molar-refractivity contribution in [2.75, 3.05) is 0 Å². The fourth-order valence-electron chi connectivity index (χ4n) is 1.95. The Hall–Kier alpha value is -1.91. The normalized spacial score (nSPS) is 12.3. The first kappa shape index (κ1) is 18.1. The van der Waals surface area contributed by atoms with E-state index in [0.717, 1.165) is 12.8 Å². The van der Waals surface area contributed by atoms with Crippen LogP contribution >= 0.6 is 0 Å². The standard InChI is InChI=1S/C17H25NO4/c1-6-8-15(11(2)3)22-17(20)14-10-7-9-13(18-14)16(19)21-12(4)5/h7,9-12,15H,6,8H2,1-5H3. The second-order valence-electron chi connectivity index (χ2n) is 5.84. The van der Waals surface area contributed by atoms with Crippen LogP contribution in [0.25, 0.3) is 0 Å². The fraction of sp³-hybridized carbons (Fsp3) is 0.588. The molecule has 122 valence electrons. The Morgan fingerprint density at radius 2 is 1.59 bits per heavy atom. The lowest BCUT2D eigenvalue weighted by atomic mass is 10.0. The summed E-state index contributed by atoms with van der Waals surface area (Å²) >= 11 is 0. The summed E-state index contributed by atoms with van der Waals surface area (Å²) < 4.78 is 10.6. The molecule has 5 nitrogen and oxygen atoms in total. The summed E-state index contributed by atoms with van der Waals surface area (Å²) in [5.74, 6) is -0.817. The van der Waals surface area contributed by atoms with Gasteiger partial charge in [0.05, 0.1) is 6.10 Å². The van der Waals surface area contributed by atoms with Crippen LogP contribution in [0, 0.1) is 5.92 Å². The molecule has 0 bridgehead atoms. The molecular formula is C17H25NO4. The molecule has 0 radical (unpaired) electrons. The largest absolute Gasteiger partial charge is 0.458 e. The zero-order valence-electron chi connectivity index (χ0n) is 14.0. The highest BCUT2D eigenvalue weighted by atomic mass is 16.5. The molecule has 0 aromatic carbocycles. The maximum atomic E-state index is 12.2. The fourth-order valence-corrected chi connectivity index (χ4v) is 1.95. The highest BCUT2D eigenvalue weighted by Gasteiger charge is 2.21. The molecule has 1 aromatic heterocycles. The number of hydrogen-bond acceptors (Lipinski definition) is 5. The average molecular weight is 307 g/mol. The summed E-state index contributed by atoms with van der Waals surface area (Å²) in [6, 6.07) is 4.66. The van der Waals surface area contributed by atoms with Gasteiger partial charge in [0.1, 0.15) is 17.5 Å². The minimum atomic E-state index is -0.543. The summed E-state index contributed by atoms with van der Waals surface area (Å²) in [7, 11) is 0. The lowest BCUT2D eigenvalue weighted by molar-refractivity contribution is 0.0150. The van der Waals surface area contributed by atoms with Crippen LogP contribution in [0.15, 0.2) is 18.2 Å². The van der Waals surface area contributed by atoms with Crippen LogP contribution < -0.4 is 0 Å². The molecule has 0 saturated carbocycles. The molecule has 1 heterocycles. The predicted octanol–water partition coefficient (Wildman–Crippen LogP) is 3.63. The number of esters is 2. The maximum Gasteiger partial charge on any atom is 0.357 e. The van der Waals surface area contributed by atoms with Crippen LogP contribution in [0.5, 0.6) is 0 Å². The van der Waals surface area contributed by atoms with Gasteiger partial charge in [-0.05, 0) is 38.3 Å². The van der Waals surface area contributed by atoms with Crippen LogP contribution in [-0.2, 0) is 9.47 Å². The van der Waals surface area contributed by atoms with E-state index in [1.807, 2.05) is 20.8 Å². The second kappa shape index (κ2) is 8.51. The third-order valence-electron chi connectivity index (χ3n) is 3.09. The molecule has 1 atom stereocenters. The number of carbonyl (C=O) groups excluding carboxylic acids is 2. The monoisotopic (exact) mass is 307 g/mol. The summed E-state index contributed by atoms with van der Waals surface area (Å²) in [6.45, 7) is 9.58. The van der Waals surface area contributed by atoms with Crippen molar-refractivity contribution in [1.82, 2.24) is 4.98 Å². The van der Waals surface area contributed by atoms with Crippen molar-refractivity contribution in [3.8, 4) is 0 Å². The van der Waals surface area contributed by atoms with E-state index < -0.39 is 11.9 Å². The number of hydrogen-bond donors (Lipinski definition) is 0. The van der Waals surface area contributed by atoms with Gasteiger partial charge in [-0.15, -0.1) is 0 Å². The van der Waals surface area contributed by atoms with Gasteiger partial charge in [-0.3, -0.25) is 0 Å². The van der Waals surface area contributed by atoms with E-state index in [1.54, 1.807) is 19.9 Å². The highest BCUT2D eigenvalue weighted by Crippen LogP contribution is 2.15. The first-order valence-electron chi connectivity index (χ1n) is 7.74. The van der Waals surface area contributed by atoms with E-state index in [9.17, 15) is 9.59 Å². The van der Waals surface area contributed by atoms with E-state index in [4.69, 9.17) is 9.47 Å². The first-order valence-corrected chi connectivity index (χ1v) is 7.74. The molecule has 1 unspecified atom stereocenters. The number of rotatable bonds is 7. The zero-order chi connectivity index (χ0) is 16.7. The molecule has 0 amide bonds. The topological polar surface area (TPSA) is 65.5 Å². The minimum absolute atomic E-state index is 0.111. The minimum Gasteiger partial charge on any atom is -0.458 e. The molecule has 5 heteroatoms. The molecule has 0 aliphatic heterocycles. The van der Waals surface area contributed by atoms with Gasteiger partial charge in [0.15, 0.2) is 0 Å². The SMILES string of the molecule is CCCC(OC(=O)c1cccc(C(=O)OC(C)C)n1)C(C)C. The predicted molar refractivity (Wildman–Crippen MR) is 83.7 cm³/mol. The van der Waals surface area contributed by atoms with Crippen LogP contribution in [0.1, 0.15) is 68.4 Å². The molecule has 0 spiro atoms.